The standard InChI is InChI=1S/C28H27F4N7O2/c29-22-10-18(20-14-34-24(35-15-20)9-17-13-36-39(16-17)21-3-7-33-8-4-21)1-2-19(22)11-26(40)37-25-12-23(41-38-25)27(5-6-27)28(30,31)32/h1-2,10,12-16,21,33H,3-9,11H2,(H,37,38,40). The largest absolute Gasteiger partial charge is 0.401 e. The van der Waals surface area contributed by atoms with Gasteiger partial charge >= 0.3 is 6.18 Å². The van der Waals surface area contributed by atoms with E-state index in [1.54, 1.807) is 18.5 Å². The van der Waals surface area contributed by atoms with E-state index in [-0.39, 0.29) is 36.4 Å². The minimum Gasteiger partial charge on any atom is -0.358 e. The molecule has 6 rings (SSSR count). The fourth-order valence-electron chi connectivity index (χ4n) is 5.10. The fourth-order valence-corrected chi connectivity index (χ4v) is 5.10. The number of anilines is 1. The highest BCUT2D eigenvalue weighted by atomic mass is 19.4. The van der Waals surface area contributed by atoms with Crippen LogP contribution >= 0.6 is 0 Å². The summed E-state index contributed by atoms with van der Waals surface area (Å²) in [6.45, 7) is 1.97. The van der Waals surface area contributed by atoms with Crippen molar-refractivity contribution in [1.29, 1.82) is 0 Å². The van der Waals surface area contributed by atoms with Crippen molar-refractivity contribution in [2.75, 3.05) is 18.4 Å². The predicted molar refractivity (Wildman–Crippen MR) is 139 cm³/mol. The van der Waals surface area contributed by atoms with Crippen molar-refractivity contribution in [3.8, 4) is 11.1 Å². The summed E-state index contributed by atoms with van der Waals surface area (Å²) in [5.41, 5.74) is 0.247. The minimum atomic E-state index is -4.46. The summed E-state index contributed by atoms with van der Waals surface area (Å²) in [4.78, 5) is 21.3. The molecule has 0 bridgehead atoms. The van der Waals surface area contributed by atoms with Gasteiger partial charge in [0.15, 0.2) is 11.6 Å². The van der Waals surface area contributed by atoms with E-state index in [1.165, 1.54) is 12.1 Å². The molecule has 0 unspecified atom stereocenters. The predicted octanol–water partition coefficient (Wildman–Crippen LogP) is 4.76. The maximum atomic E-state index is 14.9. The molecule has 13 heteroatoms. The van der Waals surface area contributed by atoms with Gasteiger partial charge in [-0.25, -0.2) is 14.4 Å². The van der Waals surface area contributed by atoms with Gasteiger partial charge in [-0.15, -0.1) is 0 Å². The molecule has 0 spiro atoms. The lowest BCUT2D eigenvalue weighted by Gasteiger charge is -2.22. The summed E-state index contributed by atoms with van der Waals surface area (Å²) >= 11 is 0. The smallest absolute Gasteiger partial charge is 0.358 e. The number of halogens is 4. The van der Waals surface area contributed by atoms with Gasteiger partial charge in [0, 0.05) is 36.6 Å². The van der Waals surface area contributed by atoms with E-state index >= 15 is 0 Å². The highest BCUT2D eigenvalue weighted by Crippen LogP contribution is 2.59. The van der Waals surface area contributed by atoms with Crippen LogP contribution in [0.15, 0.2) is 53.6 Å². The molecule has 1 amide bonds. The quantitative estimate of drug-likeness (QED) is 0.295. The number of hydrogen-bond acceptors (Lipinski definition) is 7. The molecule has 3 aromatic heterocycles. The Bertz CT molecular complexity index is 1540. The van der Waals surface area contributed by atoms with Crippen LogP contribution in [0.2, 0.25) is 0 Å². The molecule has 1 saturated heterocycles. The van der Waals surface area contributed by atoms with Crippen LogP contribution in [-0.2, 0) is 23.1 Å². The van der Waals surface area contributed by atoms with Crippen molar-refractivity contribution in [1.82, 2.24) is 30.2 Å². The molecule has 1 aromatic carbocycles. The lowest BCUT2D eigenvalue weighted by Crippen LogP contribution is -2.29. The number of rotatable bonds is 8. The second kappa shape index (κ2) is 10.7. The molecule has 1 aliphatic carbocycles. The third-order valence-electron chi connectivity index (χ3n) is 7.68. The second-order valence-electron chi connectivity index (χ2n) is 10.6. The number of benzene rings is 1. The van der Waals surface area contributed by atoms with E-state index in [0.717, 1.165) is 37.6 Å². The number of nitrogens with zero attached hydrogens (tertiary/aromatic N) is 5. The summed E-state index contributed by atoms with van der Waals surface area (Å²) in [5.74, 6) is -1.11. The van der Waals surface area contributed by atoms with Gasteiger partial charge in [-0.3, -0.25) is 9.48 Å². The molecular formula is C28H27F4N7O2. The first kappa shape index (κ1) is 27.1. The molecule has 2 aliphatic rings. The molecule has 214 valence electrons. The van der Waals surface area contributed by atoms with Crippen molar-refractivity contribution in [2.45, 2.75) is 56.2 Å². The van der Waals surface area contributed by atoms with Crippen molar-refractivity contribution in [3.05, 3.63) is 77.6 Å². The van der Waals surface area contributed by atoms with Gasteiger partial charge in [0.1, 0.15) is 17.1 Å². The van der Waals surface area contributed by atoms with E-state index in [4.69, 9.17) is 4.52 Å². The Morgan fingerprint density at radius 3 is 2.54 bits per heavy atom. The van der Waals surface area contributed by atoms with Crippen LogP contribution in [0.5, 0.6) is 0 Å². The van der Waals surface area contributed by atoms with Gasteiger partial charge < -0.3 is 15.2 Å². The van der Waals surface area contributed by atoms with Crippen LogP contribution in [0.25, 0.3) is 11.1 Å². The van der Waals surface area contributed by atoms with Gasteiger partial charge in [0.05, 0.1) is 18.7 Å². The average Bonchev–Trinajstić information content (AvgIpc) is 3.45. The monoisotopic (exact) mass is 569 g/mol. The second-order valence-corrected chi connectivity index (χ2v) is 10.6. The van der Waals surface area contributed by atoms with E-state index in [0.29, 0.717) is 29.4 Å². The molecule has 1 saturated carbocycles. The summed E-state index contributed by atoms with van der Waals surface area (Å²) in [6.07, 6.45) is 4.75. The highest BCUT2D eigenvalue weighted by molar-refractivity contribution is 5.91. The number of hydrogen-bond donors (Lipinski definition) is 2. The molecule has 0 atom stereocenters. The molecular weight excluding hydrogens is 542 g/mol. The van der Waals surface area contributed by atoms with Crippen molar-refractivity contribution in [2.24, 2.45) is 0 Å². The Morgan fingerprint density at radius 2 is 1.85 bits per heavy atom. The number of carbonyl (C=O) groups excluding carboxylic acids is 1. The van der Waals surface area contributed by atoms with Crippen LogP contribution < -0.4 is 10.6 Å². The molecule has 9 nitrogen and oxygen atoms in total. The Labute approximate surface area is 232 Å². The third kappa shape index (κ3) is 5.71. The number of piperidine rings is 1. The van der Waals surface area contributed by atoms with Crippen LogP contribution in [0.4, 0.5) is 23.4 Å². The molecule has 2 fully saturated rings. The summed E-state index contributed by atoms with van der Waals surface area (Å²) in [5, 5.41) is 13.7. The topological polar surface area (TPSA) is 111 Å². The lowest BCUT2D eigenvalue weighted by molar-refractivity contribution is -0.165. The fraction of sp³-hybridized carbons (Fsp3) is 0.393. The van der Waals surface area contributed by atoms with Crippen LogP contribution in [0.1, 0.15) is 54.4 Å². The molecule has 0 radical (unpaired) electrons. The molecule has 2 N–H and O–H groups in total. The highest BCUT2D eigenvalue weighted by Gasteiger charge is 2.66. The van der Waals surface area contributed by atoms with Gasteiger partial charge in [-0.05, 0) is 61.5 Å². The molecule has 1 aliphatic heterocycles. The van der Waals surface area contributed by atoms with Gasteiger partial charge in [-0.2, -0.15) is 18.3 Å². The van der Waals surface area contributed by atoms with Crippen molar-refractivity contribution >= 4 is 11.7 Å². The van der Waals surface area contributed by atoms with Crippen molar-refractivity contribution < 1.29 is 26.9 Å². The molecule has 4 heterocycles. The van der Waals surface area contributed by atoms with E-state index < -0.39 is 23.3 Å². The summed E-state index contributed by atoms with van der Waals surface area (Å²) in [6, 6.07) is 5.89. The maximum absolute atomic E-state index is 14.9. The Hall–Kier alpha value is -4.13. The minimum absolute atomic E-state index is 0.0886. The maximum Gasteiger partial charge on any atom is 0.401 e. The third-order valence-corrected chi connectivity index (χ3v) is 7.68. The van der Waals surface area contributed by atoms with Crippen LogP contribution in [-0.4, -0.2) is 50.1 Å². The van der Waals surface area contributed by atoms with Crippen LogP contribution in [0, 0.1) is 5.82 Å². The zero-order chi connectivity index (χ0) is 28.6. The first-order chi connectivity index (χ1) is 19.7. The SMILES string of the molecule is O=C(Cc1ccc(-c2cnc(Cc3cnn(C4CCNCC4)c3)nc2)cc1F)Nc1cc(C2(C(F)(F)F)CC2)on1. The molecule has 4 aromatic rings. The lowest BCUT2D eigenvalue weighted by atomic mass is 10.0. The normalized spacial score (nSPS) is 17.0. The van der Waals surface area contributed by atoms with Crippen molar-refractivity contribution in [3.63, 3.8) is 0 Å². The number of amides is 1. The van der Waals surface area contributed by atoms with E-state index in [2.05, 4.69) is 30.9 Å². The first-order valence-electron chi connectivity index (χ1n) is 13.4. The van der Waals surface area contributed by atoms with Gasteiger partial charge in [0.25, 0.3) is 0 Å². The summed E-state index contributed by atoms with van der Waals surface area (Å²) < 4.78 is 61.6. The Kier molecular flexibility index (Phi) is 7.06. The number of alkyl halides is 3. The zero-order valence-corrected chi connectivity index (χ0v) is 21.9. The Morgan fingerprint density at radius 1 is 1.10 bits per heavy atom. The Balaban J connectivity index is 1.06. The number of carbonyl (C=O) groups is 1. The molecule has 41 heavy (non-hydrogen) atoms. The van der Waals surface area contributed by atoms with Crippen LogP contribution in [0.3, 0.4) is 0 Å². The van der Waals surface area contributed by atoms with E-state index in [1.807, 2.05) is 17.1 Å². The number of nitrogens with one attached hydrogen (secondary N) is 2. The summed E-state index contributed by atoms with van der Waals surface area (Å²) in [7, 11) is 0. The average molecular weight is 570 g/mol. The van der Waals surface area contributed by atoms with Gasteiger partial charge in [-0.1, -0.05) is 17.3 Å². The number of aromatic nitrogens is 5. The van der Waals surface area contributed by atoms with Gasteiger partial charge in [0.2, 0.25) is 5.91 Å². The first-order valence-corrected chi connectivity index (χ1v) is 13.4. The van der Waals surface area contributed by atoms with E-state index in [9.17, 15) is 22.4 Å². The zero-order valence-electron chi connectivity index (χ0n) is 21.9.